The Bertz CT molecular complexity index is 852. The fraction of sp³-hybridized carbons (Fsp3) is 0.286. The van der Waals surface area contributed by atoms with Crippen LogP contribution in [0, 0.1) is 23.7 Å². The molecule has 0 saturated heterocycles. The summed E-state index contributed by atoms with van der Waals surface area (Å²) in [6.07, 6.45) is 4.24. The zero-order valence-corrected chi connectivity index (χ0v) is 14.3. The van der Waals surface area contributed by atoms with E-state index >= 15 is 0 Å². The fourth-order valence-corrected chi connectivity index (χ4v) is 3.14. The van der Waals surface area contributed by atoms with Crippen molar-refractivity contribution >= 4 is 17.6 Å². The van der Waals surface area contributed by atoms with Crippen molar-refractivity contribution in [1.82, 2.24) is 4.98 Å². The fourth-order valence-electron chi connectivity index (χ4n) is 3.14. The van der Waals surface area contributed by atoms with Crippen LogP contribution in [0.5, 0.6) is 0 Å². The highest BCUT2D eigenvalue weighted by atomic mass is 16.4. The number of carbonyl (C=O) groups is 2. The molecule has 1 aliphatic rings. The summed E-state index contributed by atoms with van der Waals surface area (Å²) in [5.74, 6) is 4.41. The Hall–Kier alpha value is -3.13. The molecule has 0 unspecified atom stereocenters. The van der Waals surface area contributed by atoms with Crippen LogP contribution < -0.4 is 5.32 Å². The van der Waals surface area contributed by atoms with E-state index in [2.05, 4.69) is 22.1 Å². The highest BCUT2D eigenvalue weighted by Gasteiger charge is 2.30. The van der Waals surface area contributed by atoms with Crippen molar-refractivity contribution in [3.05, 3.63) is 59.9 Å². The molecular weight excluding hydrogens is 328 g/mol. The molecule has 2 aromatic rings. The SMILES string of the molecule is O=C(O)[C@H]1CCC[C@@H](C(=O)Nc2cccc(C#Cc3ccccn3)c2)C1. The first-order chi connectivity index (χ1) is 12.6. The summed E-state index contributed by atoms with van der Waals surface area (Å²) < 4.78 is 0. The van der Waals surface area contributed by atoms with Crippen LogP contribution in [0.25, 0.3) is 0 Å². The second-order valence-corrected chi connectivity index (χ2v) is 6.43. The number of anilines is 1. The Morgan fingerprint density at radius 3 is 2.69 bits per heavy atom. The Kier molecular flexibility index (Phi) is 5.65. The van der Waals surface area contributed by atoms with Gasteiger partial charge in [-0.25, -0.2) is 4.98 Å². The van der Waals surface area contributed by atoms with E-state index in [0.717, 1.165) is 18.4 Å². The molecule has 2 atom stereocenters. The molecule has 0 aliphatic heterocycles. The number of carboxylic acid groups (broad SMARTS) is 1. The number of nitrogens with zero attached hydrogens (tertiary/aromatic N) is 1. The average molecular weight is 348 g/mol. The number of hydrogen-bond acceptors (Lipinski definition) is 3. The summed E-state index contributed by atoms with van der Waals surface area (Å²) in [6.45, 7) is 0. The number of carboxylic acids is 1. The van der Waals surface area contributed by atoms with Crippen LogP contribution in [-0.2, 0) is 9.59 Å². The number of rotatable bonds is 3. The van der Waals surface area contributed by atoms with Crippen LogP contribution in [0.15, 0.2) is 48.7 Å². The van der Waals surface area contributed by atoms with E-state index < -0.39 is 11.9 Å². The molecule has 26 heavy (non-hydrogen) atoms. The molecule has 3 rings (SSSR count). The molecule has 0 spiro atoms. The predicted molar refractivity (Wildman–Crippen MR) is 98.4 cm³/mol. The Balaban J connectivity index is 1.66. The van der Waals surface area contributed by atoms with E-state index in [1.54, 1.807) is 12.3 Å². The summed E-state index contributed by atoms with van der Waals surface area (Å²) in [7, 11) is 0. The largest absolute Gasteiger partial charge is 0.481 e. The predicted octanol–water partition coefficient (Wildman–Crippen LogP) is 3.31. The van der Waals surface area contributed by atoms with Gasteiger partial charge in [0.05, 0.1) is 5.92 Å². The molecule has 1 aromatic carbocycles. The molecular formula is C21H20N2O3. The lowest BCUT2D eigenvalue weighted by molar-refractivity contribution is -0.143. The van der Waals surface area contributed by atoms with Gasteiger partial charge in [-0.1, -0.05) is 24.5 Å². The van der Waals surface area contributed by atoms with Gasteiger partial charge in [0.15, 0.2) is 0 Å². The van der Waals surface area contributed by atoms with Crippen LogP contribution in [0.2, 0.25) is 0 Å². The van der Waals surface area contributed by atoms with Gasteiger partial charge in [0.2, 0.25) is 5.91 Å². The molecule has 5 nitrogen and oxygen atoms in total. The number of amides is 1. The molecule has 1 aliphatic carbocycles. The standard InChI is InChI=1S/C21H20N2O3/c24-20(16-6-4-7-17(14-16)21(25)26)23-19-9-3-5-15(13-19)10-11-18-8-1-2-12-22-18/h1-3,5,8-9,12-13,16-17H,4,6-7,14H2,(H,23,24)(H,25,26)/t16-,17+/m1/s1. The average Bonchev–Trinajstić information content (AvgIpc) is 2.67. The molecule has 1 heterocycles. The van der Waals surface area contributed by atoms with Gasteiger partial charge < -0.3 is 10.4 Å². The van der Waals surface area contributed by atoms with Gasteiger partial charge in [-0.15, -0.1) is 0 Å². The zero-order chi connectivity index (χ0) is 18.4. The third-order valence-corrected chi connectivity index (χ3v) is 4.52. The van der Waals surface area contributed by atoms with Gasteiger partial charge in [0, 0.05) is 23.4 Å². The maximum Gasteiger partial charge on any atom is 0.306 e. The van der Waals surface area contributed by atoms with Crippen LogP contribution in [-0.4, -0.2) is 22.0 Å². The molecule has 0 radical (unpaired) electrons. The first-order valence-electron chi connectivity index (χ1n) is 8.68. The number of aromatic nitrogens is 1. The molecule has 1 saturated carbocycles. The Labute approximate surface area is 152 Å². The second kappa shape index (κ2) is 8.30. The minimum atomic E-state index is -0.811. The van der Waals surface area contributed by atoms with E-state index in [1.807, 2.05) is 36.4 Å². The summed E-state index contributed by atoms with van der Waals surface area (Å²) in [5.41, 5.74) is 2.13. The van der Waals surface area contributed by atoms with Gasteiger partial charge in [-0.3, -0.25) is 9.59 Å². The normalized spacial score (nSPS) is 19.1. The Morgan fingerprint density at radius 2 is 1.92 bits per heavy atom. The Morgan fingerprint density at radius 1 is 1.08 bits per heavy atom. The van der Waals surface area contributed by atoms with Crippen LogP contribution >= 0.6 is 0 Å². The maximum atomic E-state index is 12.5. The van der Waals surface area contributed by atoms with Crippen LogP contribution in [0.1, 0.15) is 36.9 Å². The van der Waals surface area contributed by atoms with Crippen molar-refractivity contribution in [3.63, 3.8) is 0 Å². The van der Waals surface area contributed by atoms with Gasteiger partial charge in [0.25, 0.3) is 0 Å². The van der Waals surface area contributed by atoms with Crippen molar-refractivity contribution in [2.75, 3.05) is 5.32 Å². The lowest BCUT2D eigenvalue weighted by Crippen LogP contribution is -2.30. The molecule has 5 heteroatoms. The number of nitrogens with one attached hydrogen (secondary N) is 1. The first kappa shape index (κ1) is 17.7. The molecule has 2 N–H and O–H groups in total. The summed E-state index contributed by atoms with van der Waals surface area (Å²) in [5, 5.41) is 12.1. The third kappa shape index (κ3) is 4.70. The molecule has 0 bridgehead atoms. The van der Waals surface area contributed by atoms with Gasteiger partial charge in [0.1, 0.15) is 5.69 Å². The topological polar surface area (TPSA) is 79.3 Å². The van der Waals surface area contributed by atoms with Crippen molar-refractivity contribution in [2.45, 2.75) is 25.7 Å². The number of pyridine rings is 1. The van der Waals surface area contributed by atoms with Crippen molar-refractivity contribution in [1.29, 1.82) is 0 Å². The molecule has 132 valence electrons. The third-order valence-electron chi connectivity index (χ3n) is 4.52. The van der Waals surface area contributed by atoms with E-state index in [4.69, 9.17) is 5.11 Å². The van der Waals surface area contributed by atoms with Crippen molar-refractivity contribution in [2.24, 2.45) is 11.8 Å². The smallest absolute Gasteiger partial charge is 0.306 e. The second-order valence-electron chi connectivity index (χ2n) is 6.43. The summed E-state index contributed by atoms with van der Waals surface area (Å²) in [4.78, 5) is 27.8. The molecule has 1 fully saturated rings. The van der Waals surface area contributed by atoms with Gasteiger partial charge >= 0.3 is 5.97 Å². The molecule has 1 amide bonds. The number of aliphatic carboxylic acids is 1. The van der Waals surface area contributed by atoms with E-state index in [0.29, 0.717) is 24.2 Å². The minimum absolute atomic E-state index is 0.120. The maximum absolute atomic E-state index is 12.5. The quantitative estimate of drug-likeness (QED) is 0.834. The highest BCUT2D eigenvalue weighted by Crippen LogP contribution is 2.30. The van der Waals surface area contributed by atoms with E-state index in [1.165, 1.54) is 0 Å². The van der Waals surface area contributed by atoms with E-state index in [-0.39, 0.29) is 11.8 Å². The minimum Gasteiger partial charge on any atom is -0.481 e. The monoisotopic (exact) mass is 348 g/mol. The van der Waals surface area contributed by atoms with E-state index in [9.17, 15) is 9.59 Å². The first-order valence-corrected chi connectivity index (χ1v) is 8.68. The molecule has 1 aromatic heterocycles. The summed E-state index contributed by atoms with van der Waals surface area (Å²) >= 11 is 0. The van der Waals surface area contributed by atoms with Crippen LogP contribution in [0.3, 0.4) is 0 Å². The number of carbonyl (C=O) groups excluding carboxylic acids is 1. The lowest BCUT2D eigenvalue weighted by Gasteiger charge is -2.25. The number of hydrogen-bond donors (Lipinski definition) is 2. The van der Waals surface area contributed by atoms with Crippen molar-refractivity contribution < 1.29 is 14.7 Å². The highest BCUT2D eigenvalue weighted by molar-refractivity contribution is 5.93. The van der Waals surface area contributed by atoms with Gasteiger partial charge in [-0.2, -0.15) is 0 Å². The van der Waals surface area contributed by atoms with Crippen LogP contribution in [0.4, 0.5) is 5.69 Å². The number of benzene rings is 1. The zero-order valence-electron chi connectivity index (χ0n) is 14.3. The van der Waals surface area contributed by atoms with Crippen molar-refractivity contribution in [3.8, 4) is 11.8 Å². The van der Waals surface area contributed by atoms with Gasteiger partial charge in [-0.05, 0) is 55.5 Å². The summed E-state index contributed by atoms with van der Waals surface area (Å²) in [6, 6.07) is 12.9. The lowest BCUT2D eigenvalue weighted by atomic mass is 9.81.